The molecule has 11 heteroatoms. The molecule has 0 saturated carbocycles. The summed E-state index contributed by atoms with van der Waals surface area (Å²) in [5.41, 5.74) is 2.38. The van der Waals surface area contributed by atoms with Crippen molar-refractivity contribution in [3.63, 3.8) is 0 Å². The van der Waals surface area contributed by atoms with Gasteiger partial charge in [-0.05, 0) is 0 Å². The van der Waals surface area contributed by atoms with Crippen molar-refractivity contribution < 1.29 is 23.3 Å². The zero-order valence-corrected chi connectivity index (χ0v) is 11.5. The van der Waals surface area contributed by atoms with E-state index in [1.807, 2.05) is 5.32 Å². The van der Waals surface area contributed by atoms with Crippen molar-refractivity contribution >= 4 is 23.3 Å². The summed E-state index contributed by atoms with van der Waals surface area (Å²) >= 11 is 0. The summed E-state index contributed by atoms with van der Waals surface area (Å²) in [5, 5.41) is 13.0. The van der Waals surface area contributed by atoms with Crippen molar-refractivity contribution in [2.24, 2.45) is 0 Å². The summed E-state index contributed by atoms with van der Waals surface area (Å²) in [6, 6.07) is 1.43. The van der Waals surface area contributed by atoms with E-state index >= 15 is 0 Å². The lowest BCUT2D eigenvalue weighted by atomic mass is 10.1. The van der Waals surface area contributed by atoms with Gasteiger partial charge in [0.1, 0.15) is 11.5 Å². The van der Waals surface area contributed by atoms with E-state index in [0.29, 0.717) is 10.6 Å². The van der Waals surface area contributed by atoms with Crippen molar-refractivity contribution in [1.82, 2.24) is 9.88 Å². The predicted octanol–water partition coefficient (Wildman–Crippen LogP) is 0.490. The molecule has 1 aliphatic rings. The van der Waals surface area contributed by atoms with Crippen LogP contribution in [0, 0.1) is 21.7 Å². The maximum absolute atomic E-state index is 13.5. The predicted molar refractivity (Wildman–Crippen MR) is 74.8 cm³/mol. The number of aromatic nitrogens is 1. The Balaban J connectivity index is 2.41. The molecular formula is C13H6F2N4O5. The van der Waals surface area contributed by atoms with Crippen molar-refractivity contribution in [2.75, 3.05) is 5.73 Å². The normalized spacial score (nSPS) is 12.9. The number of imide groups is 1. The third-order valence-corrected chi connectivity index (χ3v) is 3.41. The van der Waals surface area contributed by atoms with Crippen LogP contribution < -0.4 is 16.6 Å². The van der Waals surface area contributed by atoms with Gasteiger partial charge >= 0.3 is 0 Å². The molecule has 9 nitrogen and oxygen atoms in total. The molecule has 0 bridgehead atoms. The van der Waals surface area contributed by atoms with E-state index in [4.69, 9.17) is 5.73 Å². The van der Waals surface area contributed by atoms with Gasteiger partial charge < -0.3 is 5.73 Å². The summed E-state index contributed by atoms with van der Waals surface area (Å²) in [6.45, 7) is 0. The van der Waals surface area contributed by atoms with Crippen molar-refractivity contribution in [3.8, 4) is 5.69 Å². The second-order valence-electron chi connectivity index (χ2n) is 4.79. The van der Waals surface area contributed by atoms with E-state index in [1.54, 1.807) is 0 Å². The second-order valence-corrected chi connectivity index (χ2v) is 4.79. The monoisotopic (exact) mass is 336 g/mol. The average Bonchev–Trinajstić information content (AvgIpc) is 2.76. The minimum absolute atomic E-state index is 0.287. The summed E-state index contributed by atoms with van der Waals surface area (Å²) < 4.78 is 27.2. The van der Waals surface area contributed by atoms with Gasteiger partial charge in [0.05, 0.1) is 22.1 Å². The Kier molecular flexibility index (Phi) is 3.14. The highest BCUT2D eigenvalue weighted by Crippen LogP contribution is 2.29. The van der Waals surface area contributed by atoms with Gasteiger partial charge in [0, 0.05) is 12.1 Å². The topological polar surface area (TPSA) is 137 Å². The number of hydrogen-bond acceptors (Lipinski definition) is 6. The standard InChI is InChI=1S/C13H6F2N4O5/c14-5-2-7(8(19(23)24)3-6(5)15)18-9(20)1-4-10(11(18)16)13(22)17-12(4)21/h1-3H,16H2,(H,17,21,22). The highest BCUT2D eigenvalue weighted by atomic mass is 19.2. The number of halogens is 2. The first-order chi connectivity index (χ1) is 11.2. The van der Waals surface area contributed by atoms with E-state index in [0.717, 1.165) is 6.07 Å². The minimum Gasteiger partial charge on any atom is -0.384 e. The fourth-order valence-corrected chi connectivity index (χ4v) is 2.38. The van der Waals surface area contributed by atoms with Crippen LogP contribution in [0.15, 0.2) is 23.0 Å². The number of nitrogens with two attached hydrogens (primary N) is 1. The number of benzene rings is 1. The number of nitro benzene ring substituents is 1. The lowest BCUT2D eigenvalue weighted by Crippen LogP contribution is -2.25. The van der Waals surface area contributed by atoms with E-state index < -0.39 is 51.1 Å². The minimum atomic E-state index is -1.49. The van der Waals surface area contributed by atoms with Crippen LogP contribution in [0.3, 0.4) is 0 Å². The number of amides is 2. The van der Waals surface area contributed by atoms with Gasteiger partial charge in [-0.1, -0.05) is 0 Å². The Bertz CT molecular complexity index is 1010. The molecule has 0 atom stereocenters. The third kappa shape index (κ3) is 2.02. The van der Waals surface area contributed by atoms with Gasteiger partial charge in [-0.2, -0.15) is 0 Å². The average molecular weight is 336 g/mol. The molecule has 0 unspecified atom stereocenters. The molecule has 122 valence electrons. The van der Waals surface area contributed by atoms with Crippen LogP contribution in [0.5, 0.6) is 0 Å². The number of carbonyl (C=O) groups excluding carboxylic acids is 2. The van der Waals surface area contributed by atoms with E-state index in [1.165, 1.54) is 0 Å². The molecule has 1 aromatic carbocycles. The number of carbonyl (C=O) groups is 2. The van der Waals surface area contributed by atoms with Crippen LogP contribution >= 0.6 is 0 Å². The van der Waals surface area contributed by atoms with Crippen molar-refractivity contribution in [3.05, 3.63) is 61.4 Å². The van der Waals surface area contributed by atoms with Crippen LogP contribution in [0.2, 0.25) is 0 Å². The van der Waals surface area contributed by atoms with Crippen LogP contribution in [-0.4, -0.2) is 21.3 Å². The van der Waals surface area contributed by atoms with E-state index in [2.05, 4.69) is 0 Å². The lowest BCUT2D eigenvalue weighted by Gasteiger charge is -2.12. The van der Waals surface area contributed by atoms with Crippen LogP contribution in [0.4, 0.5) is 20.3 Å². The molecule has 1 aromatic heterocycles. The van der Waals surface area contributed by atoms with Gasteiger partial charge in [-0.3, -0.25) is 34.4 Å². The molecular weight excluding hydrogens is 330 g/mol. The third-order valence-electron chi connectivity index (χ3n) is 3.41. The first kappa shape index (κ1) is 15.3. The maximum atomic E-state index is 13.5. The fraction of sp³-hybridized carbons (Fsp3) is 0. The molecule has 3 rings (SSSR count). The van der Waals surface area contributed by atoms with Crippen molar-refractivity contribution in [1.29, 1.82) is 0 Å². The number of anilines is 1. The number of nitrogen functional groups attached to an aromatic ring is 1. The number of fused-ring (bicyclic) bond motifs is 1. The maximum Gasteiger partial charge on any atom is 0.296 e. The van der Waals surface area contributed by atoms with Crippen LogP contribution in [-0.2, 0) is 0 Å². The number of nitro groups is 1. The van der Waals surface area contributed by atoms with Gasteiger partial charge in [-0.25, -0.2) is 8.78 Å². The Morgan fingerprint density at radius 2 is 1.71 bits per heavy atom. The fourth-order valence-electron chi connectivity index (χ4n) is 2.38. The molecule has 0 fully saturated rings. The molecule has 3 N–H and O–H groups in total. The molecule has 0 aliphatic carbocycles. The summed E-state index contributed by atoms with van der Waals surface area (Å²) in [5.74, 6) is -5.32. The van der Waals surface area contributed by atoms with Gasteiger partial charge in [0.25, 0.3) is 23.1 Å². The Morgan fingerprint density at radius 1 is 1.08 bits per heavy atom. The number of nitrogens with zero attached hydrogens (tertiary/aromatic N) is 2. The largest absolute Gasteiger partial charge is 0.384 e. The molecule has 2 amide bonds. The first-order valence-corrected chi connectivity index (χ1v) is 6.27. The van der Waals surface area contributed by atoms with Crippen molar-refractivity contribution in [2.45, 2.75) is 0 Å². The summed E-state index contributed by atoms with van der Waals surface area (Å²) in [7, 11) is 0. The molecule has 0 saturated heterocycles. The quantitative estimate of drug-likeness (QED) is 0.465. The van der Waals surface area contributed by atoms with Gasteiger partial charge in [0.15, 0.2) is 11.6 Å². The van der Waals surface area contributed by atoms with Crippen LogP contribution in [0.1, 0.15) is 20.7 Å². The Morgan fingerprint density at radius 3 is 2.33 bits per heavy atom. The second kappa shape index (κ2) is 4.94. The Labute approximate surface area is 130 Å². The first-order valence-electron chi connectivity index (χ1n) is 6.27. The molecule has 0 radical (unpaired) electrons. The highest BCUT2D eigenvalue weighted by molar-refractivity contribution is 6.23. The number of nitrogens with one attached hydrogen (secondary N) is 1. The van der Waals surface area contributed by atoms with Crippen LogP contribution in [0.25, 0.3) is 5.69 Å². The molecule has 24 heavy (non-hydrogen) atoms. The molecule has 2 aromatic rings. The number of rotatable bonds is 2. The molecule has 0 spiro atoms. The van der Waals surface area contributed by atoms with Gasteiger partial charge in [0.2, 0.25) is 0 Å². The van der Waals surface area contributed by atoms with E-state index in [-0.39, 0.29) is 17.2 Å². The number of pyridine rings is 1. The Hall–Kier alpha value is -3.63. The zero-order chi connectivity index (χ0) is 17.8. The highest BCUT2D eigenvalue weighted by Gasteiger charge is 2.33. The zero-order valence-electron chi connectivity index (χ0n) is 11.5. The lowest BCUT2D eigenvalue weighted by molar-refractivity contribution is -0.384. The van der Waals surface area contributed by atoms with E-state index in [9.17, 15) is 33.3 Å². The number of hydrogen-bond donors (Lipinski definition) is 2. The molecule has 1 aliphatic heterocycles. The SMILES string of the molecule is Nc1c2c(cc(=O)n1-c1cc(F)c(F)cc1[N+](=O)[O-])C(=O)NC2=O. The smallest absolute Gasteiger partial charge is 0.296 e. The summed E-state index contributed by atoms with van der Waals surface area (Å²) in [4.78, 5) is 45.5. The van der Waals surface area contributed by atoms with Gasteiger partial charge in [-0.15, -0.1) is 0 Å². The summed E-state index contributed by atoms with van der Waals surface area (Å²) in [6.07, 6.45) is 0. The molecule has 2 heterocycles.